The number of hydrogen-bond donors (Lipinski definition) is 0. The van der Waals surface area contributed by atoms with E-state index in [4.69, 9.17) is 8.83 Å². The summed E-state index contributed by atoms with van der Waals surface area (Å²) in [6, 6.07) is 64.0. The van der Waals surface area contributed by atoms with Crippen molar-refractivity contribution in [2.45, 2.75) is 38.5 Å². The van der Waals surface area contributed by atoms with Gasteiger partial charge in [0.1, 0.15) is 22.5 Å². The maximum absolute atomic E-state index is 6.46. The van der Waals surface area contributed by atoms with Crippen LogP contribution in [0.5, 0.6) is 0 Å². The summed E-state index contributed by atoms with van der Waals surface area (Å²) in [6.07, 6.45) is 0. The topological polar surface area (TPSA) is 29.5 Å². The molecule has 8 aromatic carbocycles. The van der Waals surface area contributed by atoms with Crippen LogP contribution in [0.1, 0.15) is 49.9 Å². The van der Waals surface area contributed by atoms with E-state index in [1.165, 1.54) is 55.5 Å². The first-order valence-corrected chi connectivity index (χ1v) is 20.6. The van der Waals surface area contributed by atoms with Crippen LogP contribution in [0.3, 0.4) is 0 Å². The van der Waals surface area contributed by atoms with Gasteiger partial charge in [-0.2, -0.15) is 0 Å². The molecule has 0 aliphatic heterocycles. The molecule has 0 saturated heterocycles. The van der Waals surface area contributed by atoms with E-state index in [1.807, 2.05) is 18.2 Å². The third kappa shape index (κ3) is 4.94. The summed E-state index contributed by atoms with van der Waals surface area (Å²) in [5.41, 5.74) is 19.6. The van der Waals surface area contributed by atoms with Crippen molar-refractivity contribution >= 4 is 50.0 Å². The molecule has 3 nitrogen and oxygen atoms in total. The van der Waals surface area contributed by atoms with Gasteiger partial charge in [-0.1, -0.05) is 137 Å². The van der Waals surface area contributed by atoms with Crippen molar-refractivity contribution < 1.29 is 8.83 Å². The first kappa shape index (κ1) is 34.0. The predicted octanol–water partition coefficient (Wildman–Crippen LogP) is 15.7. The van der Waals surface area contributed by atoms with E-state index in [-0.39, 0.29) is 10.8 Å². The molecular weight excluding hydrogens is 719 g/mol. The van der Waals surface area contributed by atoms with Crippen LogP contribution >= 0.6 is 0 Å². The number of hydrogen-bond acceptors (Lipinski definition) is 3. The van der Waals surface area contributed by atoms with Crippen molar-refractivity contribution in [3.05, 3.63) is 198 Å². The number of para-hydroxylation sites is 2. The number of fused-ring (bicyclic) bond motifs is 11. The molecule has 2 aromatic heterocycles. The third-order valence-corrected chi connectivity index (χ3v) is 13.3. The lowest BCUT2D eigenvalue weighted by Gasteiger charge is -2.28. The van der Waals surface area contributed by atoms with Crippen molar-refractivity contribution in [1.29, 1.82) is 0 Å². The highest BCUT2D eigenvalue weighted by Crippen LogP contribution is 2.54. The van der Waals surface area contributed by atoms with Gasteiger partial charge in [-0.25, -0.2) is 0 Å². The standard InChI is InChI=1S/C56H41NO2/c1-55(2)47-17-8-5-14-41(47)45-33-40(26-28-48(45)55)57(39-13-11-12-35(30-39)36-23-29-52-46(31-36)42-15-6-9-18-50(42)58-52)38-24-20-34(21-25-38)37-22-27-43-49(32-37)56(3,4)53-44-16-7-10-19-51(44)59-54(43)53/h5-33H,1-4H3. The Bertz CT molecular complexity index is 3340. The number of nitrogens with zero attached hydrogens (tertiary/aromatic N) is 1. The second-order valence-electron chi connectivity index (χ2n) is 17.3. The molecule has 0 bridgehead atoms. The van der Waals surface area contributed by atoms with E-state index in [0.717, 1.165) is 61.5 Å². The van der Waals surface area contributed by atoms with Gasteiger partial charge in [0, 0.05) is 55.2 Å². The smallest absolute Gasteiger partial charge is 0.139 e. The fourth-order valence-electron chi connectivity index (χ4n) is 10.3. The van der Waals surface area contributed by atoms with Crippen LogP contribution in [0.4, 0.5) is 17.1 Å². The molecule has 12 rings (SSSR count). The van der Waals surface area contributed by atoms with Gasteiger partial charge in [0.25, 0.3) is 0 Å². The molecule has 0 atom stereocenters. The minimum atomic E-state index is -0.176. The van der Waals surface area contributed by atoms with Gasteiger partial charge in [0.05, 0.1) is 0 Å². The van der Waals surface area contributed by atoms with Crippen LogP contribution in [0.2, 0.25) is 0 Å². The van der Waals surface area contributed by atoms with Crippen molar-refractivity contribution in [3.63, 3.8) is 0 Å². The highest BCUT2D eigenvalue weighted by molar-refractivity contribution is 6.06. The zero-order chi connectivity index (χ0) is 39.6. The van der Waals surface area contributed by atoms with Gasteiger partial charge < -0.3 is 13.7 Å². The fourth-order valence-corrected chi connectivity index (χ4v) is 10.3. The summed E-state index contributed by atoms with van der Waals surface area (Å²) in [5.74, 6) is 1.00. The van der Waals surface area contributed by atoms with Gasteiger partial charge in [-0.3, -0.25) is 0 Å². The molecular formula is C56H41NO2. The molecule has 0 fully saturated rings. The van der Waals surface area contributed by atoms with Gasteiger partial charge in [-0.15, -0.1) is 0 Å². The minimum Gasteiger partial charge on any atom is -0.456 e. The van der Waals surface area contributed by atoms with Crippen molar-refractivity contribution in [2.24, 2.45) is 0 Å². The summed E-state index contributed by atoms with van der Waals surface area (Å²) in [6.45, 7) is 9.33. The van der Waals surface area contributed by atoms with Crippen LogP contribution < -0.4 is 4.90 Å². The lowest BCUT2D eigenvalue weighted by atomic mass is 9.80. The SMILES string of the molecule is CC1(C)c2ccccc2-c2cc(N(c3ccc(-c4ccc5c(c4)C(C)(C)c4c-5oc5ccccc45)cc3)c3cccc(-c4ccc5oc6ccccc6c5c4)c3)ccc21. The molecule has 0 radical (unpaired) electrons. The summed E-state index contributed by atoms with van der Waals surface area (Å²) in [7, 11) is 0. The normalized spacial score (nSPS) is 14.4. The summed E-state index contributed by atoms with van der Waals surface area (Å²) in [4.78, 5) is 2.41. The Morgan fingerprint density at radius 1 is 0.356 bits per heavy atom. The highest BCUT2D eigenvalue weighted by Gasteiger charge is 2.40. The number of benzene rings is 8. The molecule has 0 amide bonds. The molecule has 0 N–H and O–H groups in total. The average Bonchev–Trinajstić information content (AvgIpc) is 3.97. The zero-order valence-corrected chi connectivity index (χ0v) is 33.5. The summed E-state index contributed by atoms with van der Waals surface area (Å²) < 4.78 is 12.6. The van der Waals surface area contributed by atoms with Gasteiger partial charge in [0.2, 0.25) is 0 Å². The van der Waals surface area contributed by atoms with Crippen molar-refractivity contribution in [1.82, 2.24) is 0 Å². The van der Waals surface area contributed by atoms with Crippen LogP contribution in [0, 0.1) is 0 Å². The van der Waals surface area contributed by atoms with Gasteiger partial charge in [-0.05, 0) is 117 Å². The minimum absolute atomic E-state index is 0.0671. The van der Waals surface area contributed by atoms with E-state index < -0.39 is 0 Å². The summed E-state index contributed by atoms with van der Waals surface area (Å²) >= 11 is 0. The Morgan fingerprint density at radius 2 is 0.983 bits per heavy atom. The Kier molecular flexibility index (Phi) is 7.03. The molecule has 2 aliphatic carbocycles. The van der Waals surface area contributed by atoms with Crippen molar-refractivity contribution in [3.8, 4) is 44.7 Å². The summed E-state index contributed by atoms with van der Waals surface area (Å²) in [5, 5.41) is 3.46. The second-order valence-corrected chi connectivity index (χ2v) is 17.3. The largest absolute Gasteiger partial charge is 0.456 e. The quantitative estimate of drug-likeness (QED) is 0.175. The Morgan fingerprint density at radius 3 is 1.83 bits per heavy atom. The highest BCUT2D eigenvalue weighted by atomic mass is 16.3. The predicted molar refractivity (Wildman–Crippen MR) is 244 cm³/mol. The Hall–Kier alpha value is -7.10. The molecule has 59 heavy (non-hydrogen) atoms. The first-order chi connectivity index (χ1) is 28.7. The van der Waals surface area contributed by atoms with E-state index in [1.54, 1.807) is 0 Å². The number of rotatable bonds is 5. The molecule has 2 heterocycles. The molecule has 3 heteroatoms. The van der Waals surface area contributed by atoms with Crippen LogP contribution in [-0.4, -0.2) is 0 Å². The first-order valence-electron chi connectivity index (χ1n) is 20.6. The Balaban J connectivity index is 0.968. The fraction of sp³-hybridized carbons (Fsp3) is 0.107. The van der Waals surface area contributed by atoms with Crippen LogP contribution in [0.15, 0.2) is 185 Å². The molecule has 0 spiro atoms. The molecule has 0 saturated carbocycles. The van der Waals surface area contributed by atoms with E-state index >= 15 is 0 Å². The van der Waals surface area contributed by atoms with Crippen LogP contribution in [-0.2, 0) is 10.8 Å². The average molecular weight is 760 g/mol. The number of furan rings is 2. The second kappa shape index (κ2) is 12.2. The van der Waals surface area contributed by atoms with E-state index in [9.17, 15) is 0 Å². The van der Waals surface area contributed by atoms with Gasteiger partial charge in [0.15, 0.2) is 0 Å². The Labute approximate surface area is 343 Å². The molecule has 2 aliphatic rings. The molecule has 10 aromatic rings. The lowest BCUT2D eigenvalue weighted by molar-refractivity contribution is 0.619. The monoisotopic (exact) mass is 759 g/mol. The van der Waals surface area contributed by atoms with E-state index in [0.29, 0.717) is 0 Å². The van der Waals surface area contributed by atoms with Crippen molar-refractivity contribution in [2.75, 3.05) is 4.90 Å². The van der Waals surface area contributed by atoms with Crippen LogP contribution in [0.25, 0.3) is 77.6 Å². The lowest BCUT2D eigenvalue weighted by Crippen LogP contribution is -2.15. The zero-order valence-electron chi connectivity index (χ0n) is 33.5. The maximum atomic E-state index is 6.46. The number of anilines is 3. The van der Waals surface area contributed by atoms with Gasteiger partial charge >= 0.3 is 0 Å². The molecule has 282 valence electrons. The maximum Gasteiger partial charge on any atom is 0.139 e. The van der Waals surface area contributed by atoms with E-state index in [2.05, 4.69) is 190 Å². The molecule has 0 unspecified atom stereocenters. The third-order valence-electron chi connectivity index (χ3n) is 13.3.